The van der Waals surface area contributed by atoms with Crippen LogP contribution in [0.1, 0.15) is 24.2 Å². The second-order valence-corrected chi connectivity index (χ2v) is 5.64. The van der Waals surface area contributed by atoms with Crippen LogP contribution in [-0.2, 0) is 19.6 Å². The van der Waals surface area contributed by atoms with Crippen molar-refractivity contribution in [2.75, 3.05) is 6.61 Å². The van der Waals surface area contributed by atoms with Gasteiger partial charge in [0.15, 0.2) is 0 Å². The fourth-order valence-corrected chi connectivity index (χ4v) is 2.65. The van der Waals surface area contributed by atoms with Crippen molar-refractivity contribution in [3.05, 3.63) is 29.8 Å². The molecule has 7 nitrogen and oxygen atoms in total. The third-order valence-electron chi connectivity index (χ3n) is 2.36. The Labute approximate surface area is 116 Å². The van der Waals surface area contributed by atoms with Crippen LogP contribution in [0.3, 0.4) is 0 Å². The molecule has 2 N–H and O–H groups in total. The Kier molecular flexibility index (Phi) is 5.23. The number of carboxylic acid groups (broad SMARTS) is 1. The Balaban J connectivity index is 2.97. The SMILES string of the molecule is CCOC(=O)C(C)NS(=O)(=O)c1cccc(C(=O)O)c1. The van der Waals surface area contributed by atoms with Crippen LogP contribution < -0.4 is 4.72 Å². The van der Waals surface area contributed by atoms with Gasteiger partial charge >= 0.3 is 11.9 Å². The molecule has 0 radical (unpaired) electrons. The van der Waals surface area contributed by atoms with E-state index in [0.29, 0.717) is 0 Å². The third kappa shape index (κ3) is 4.04. The van der Waals surface area contributed by atoms with Gasteiger partial charge in [-0.05, 0) is 32.0 Å². The smallest absolute Gasteiger partial charge is 0.335 e. The van der Waals surface area contributed by atoms with Crippen LogP contribution in [0.2, 0.25) is 0 Å². The summed E-state index contributed by atoms with van der Waals surface area (Å²) in [6, 6.07) is 3.78. The van der Waals surface area contributed by atoms with Crippen molar-refractivity contribution in [1.29, 1.82) is 0 Å². The van der Waals surface area contributed by atoms with Crippen molar-refractivity contribution in [1.82, 2.24) is 4.72 Å². The number of ether oxygens (including phenoxy) is 1. The first kappa shape index (κ1) is 16.1. The molecule has 0 aliphatic carbocycles. The molecule has 1 rings (SSSR count). The van der Waals surface area contributed by atoms with Crippen molar-refractivity contribution in [2.24, 2.45) is 0 Å². The third-order valence-corrected chi connectivity index (χ3v) is 3.90. The molecule has 0 aliphatic heterocycles. The number of hydrogen-bond donors (Lipinski definition) is 2. The zero-order valence-electron chi connectivity index (χ0n) is 11.0. The van der Waals surface area contributed by atoms with Gasteiger partial charge in [-0.2, -0.15) is 4.72 Å². The summed E-state index contributed by atoms with van der Waals surface area (Å²) in [5, 5.41) is 8.83. The molecule has 110 valence electrons. The van der Waals surface area contributed by atoms with Crippen molar-refractivity contribution in [2.45, 2.75) is 24.8 Å². The molecule has 0 aliphatic rings. The van der Waals surface area contributed by atoms with Crippen LogP contribution in [0.25, 0.3) is 0 Å². The second-order valence-electron chi connectivity index (χ2n) is 3.93. The minimum atomic E-state index is -3.99. The van der Waals surface area contributed by atoms with Crippen LogP contribution in [-0.4, -0.2) is 38.1 Å². The number of benzene rings is 1. The summed E-state index contributed by atoms with van der Waals surface area (Å²) in [6.07, 6.45) is 0. The standard InChI is InChI=1S/C12H15NO6S/c1-3-19-12(16)8(2)13-20(17,18)10-6-4-5-9(7-10)11(14)15/h4-8,13H,3H2,1-2H3,(H,14,15). The highest BCUT2D eigenvalue weighted by atomic mass is 32.2. The molecule has 0 bridgehead atoms. The van der Waals surface area contributed by atoms with Gasteiger partial charge in [-0.15, -0.1) is 0 Å². The number of hydrogen-bond acceptors (Lipinski definition) is 5. The van der Waals surface area contributed by atoms with Crippen LogP contribution in [0.5, 0.6) is 0 Å². The number of sulfonamides is 1. The van der Waals surface area contributed by atoms with E-state index in [4.69, 9.17) is 5.11 Å². The van der Waals surface area contributed by atoms with E-state index in [0.717, 1.165) is 6.07 Å². The minimum absolute atomic E-state index is 0.138. The predicted molar refractivity (Wildman–Crippen MR) is 69.8 cm³/mol. The average Bonchev–Trinajstić information content (AvgIpc) is 2.38. The number of carboxylic acids is 1. The van der Waals surface area contributed by atoms with E-state index in [-0.39, 0.29) is 17.1 Å². The zero-order valence-corrected chi connectivity index (χ0v) is 11.8. The molecule has 1 aromatic rings. The van der Waals surface area contributed by atoms with Crippen LogP contribution >= 0.6 is 0 Å². The number of carbonyl (C=O) groups excluding carboxylic acids is 1. The lowest BCUT2D eigenvalue weighted by molar-refractivity contribution is -0.144. The number of esters is 1. The van der Waals surface area contributed by atoms with Crippen LogP contribution in [0, 0.1) is 0 Å². The van der Waals surface area contributed by atoms with Gasteiger partial charge in [0.1, 0.15) is 6.04 Å². The van der Waals surface area contributed by atoms with Crippen LogP contribution in [0.4, 0.5) is 0 Å². The molecule has 0 aromatic heterocycles. The van der Waals surface area contributed by atoms with Crippen LogP contribution in [0.15, 0.2) is 29.2 Å². The number of aromatic carboxylic acids is 1. The van der Waals surface area contributed by atoms with Gasteiger partial charge in [-0.25, -0.2) is 13.2 Å². The van der Waals surface area contributed by atoms with Gasteiger partial charge in [0.25, 0.3) is 0 Å². The van der Waals surface area contributed by atoms with E-state index < -0.39 is 28.0 Å². The van der Waals surface area contributed by atoms with E-state index >= 15 is 0 Å². The lowest BCUT2D eigenvalue weighted by Gasteiger charge is -2.13. The Bertz CT molecular complexity index is 610. The van der Waals surface area contributed by atoms with Gasteiger partial charge in [0, 0.05) is 0 Å². The molecule has 0 saturated carbocycles. The maximum Gasteiger partial charge on any atom is 0.335 e. The van der Waals surface area contributed by atoms with E-state index in [1.807, 2.05) is 0 Å². The van der Waals surface area contributed by atoms with E-state index in [1.165, 1.54) is 25.1 Å². The maximum absolute atomic E-state index is 12.0. The highest BCUT2D eigenvalue weighted by molar-refractivity contribution is 7.89. The van der Waals surface area contributed by atoms with Gasteiger partial charge in [-0.3, -0.25) is 4.79 Å². The summed E-state index contributed by atoms with van der Waals surface area (Å²) in [4.78, 5) is 22.0. The Hall–Kier alpha value is -1.93. The summed E-state index contributed by atoms with van der Waals surface area (Å²) in [6.45, 7) is 3.09. The van der Waals surface area contributed by atoms with Gasteiger partial charge < -0.3 is 9.84 Å². The fraction of sp³-hybridized carbons (Fsp3) is 0.333. The predicted octanol–water partition coefficient (Wildman–Crippen LogP) is 0.615. The molecule has 0 spiro atoms. The fourth-order valence-electron chi connectivity index (χ4n) is 1.41. The van der Waals surface area contributed by atoms with E-state index in [9.17, 15) is 18.0 Å². The molecular weight excluding hydrogens is 286 g/mol. The lowest BCUT2D eigenvalue weighted by atomic mass is 10.2. The highest BCUT2D eigenvalue weighted by Gasteiger charge is 2.23. The molecule has 0 heterocycles. The molecule has 8 heteroatoms. The molecule has 0 fully saturated rings. The first-order chi connectivity index (χ1) is 9.27. The summed E-state index contributed by atoms with van der Waals surface area (Å²) >= 11 is 0. The molecule has 20 heavy (non-hydrogen) atoms. The monoisotopic (exact) mass is 301 g/mol. The number of rotatable bonds is 6. The van der Waals surface area contributed by atoms with Crippen molar-refractivity contribution in [3.8, 4) is 0 Å². The molecule has 0 saturated heterocycles. The first-order valence-electron chi connectivity index (χ1n) is 5.80. The second kappa shape index (κ2) is 6.49. The highest BCUT2D eigenvalue weighted by Crippen LogP contribution is 2.12. The van der Waals surface area contributed by atoms with Gasteiger partial charge in [-0.1, -0.05) is 6.07 Å². The first-order valence-corrected chi connectivity index (χ1v) is 7.28. The molecule has 1 aromatic carbocycles. The lowest BCUT2D eigenvalue weighted by Crippen LogP contribution is -2.39. The summed E-state index contributed by atoms with van der Waals surface area (Å²) in [7, 11) is -3.99. The minimum Gasteiger partial charge on any atom is -0.478 e. The van der Waals surface area contributed by atoms with Crippen molar-refractivity contribution in [3.63, 3.8) is 0 Å². The Morgan fingerprint density at radius 3 is 2.60 bits per heavy atom. The average molecular weight is 301 g/mol. The summed E-state index contributed by atoms with van der Waals surface area (Å²) < 4.78 is 30.8. The molecular formula is C12H15NO6S. The number of carbonyl (C=O) groups is 2. The van der Waals surface area contributed by atoms with Crippen molar-refractivity contribution < 1.29 is 27.9 Å². The molecule has 0 amide bonds. The summed E-state index contributed by atoms with van der Waals surface area (Å²) in [5.74, 6) is -1.94. The van der Waals surface area contributed by atoms with Crippen molar-refractivity contribution >= 4 is 22.0 Å². The quantitative estimate of drug-likeness (QED) is 0.745. The van der Waals surface area contributed by atoms with Gasteiger partial charge in [0.05, 0.1) is 17.1 Å². The van der Waals surface area contributed by atoms with E-state index in [1.54, 1.807) is 6.92 Å². The zero-order chi connectivity index (χ0) is 15.3. The van der Waals surface area contributed by atoms with Gasteiger partial charge in [0.2, 0.25) is 10.0 Å². The number of nitrogens with one attached hydrogen (secondary N) is 1. The molecule has 1 unspecified atom stereocenters. The largest absolute Gasteiger partial charge is 0.478 e. The Morgan fingerprint density at radius 2 is 2.05 bits per heavy atom. The maximum atomic E-state index is 12.0. The Morgan fingerprint density at radius 1 is 1.40 bits per heavy atom. The summed E-state index contributed by atoms with van der Waals surface area (Å²) in [5.41, 5.74) is -0.156. The van der Waals surface area contributed by atoms with E-state index in [2.05, 4.69) is 9.46 Å². The topological polar surface area (TPSA) is 110 Å². The molecule has 1 atom stereocenters. The normalized spacial score (nSPS) is 12.7.